The van der Waals surface area contributed by atoms with Gasteiger partial charge in [0, 0.05) is 18.4 Å². The van der Waals surface area contributed by atoms with Crippen LogP contribution in [0.1, 0.15) is 15.9 Å². The SMILES string of the molecule is COC(=O)c1ccc(S(C)(=O)=O)c(CN)c1S(N)(=O)=O. The Balaban J connectivity index is 3.94. The summed E-state index contributed by atoms with van der Waals surface area (Å²) in [5.74, 6) is -0.955. The molecule has 112 valence electrons. The van der Waals surface area contributed by atoms with Gasteiger partial charge < -0.3 is 10.5 Å². The number of sulfonamides is 1. The Morgan fingerprint density at radius 3 is 2.15 bits per heavy atom. The van der Waals surface area contributed by atoms with Crippen molar-refractivity contribution in [2.75, 3.05) is 13.4 Å². The molecular weight excluding hydrogens is 308 g/mol. The molecule has 4 N–H and O–H groups in total. The van der Waals surface area contributed by atoms with Crippen molar-refractivity contribution >= 4 is 25.8 Å². The zero-order valence-electron chi connectivity index (χ0n) is 10.8. The average Bonchev–Trinajstić information content (AvgIpc) is 2.33. The summed E-state index contributed by atoms with van der Waals surface area (Å²) in [7, 11) is -7.03. The molecule has 20 heavy (non-hydrogen) atoms. The first-order valence-electron chi connectivity index (χ1n) is 5.21. The number of hydrogen-bond acceptors (Lipinski definition) is 7. The smallest absolute Gasteiger partial charge is 0.339 e. The number of benzene rings is 1. The molecule has 0 aliphatic heterocycles. The highest BCUT2D eigenvalue weighted by Crippen LogP contribution is 2.27. The standard InChI is InChI=1S/C10H14N2O6S2/c1-18-10(13)6-3-4-8(19(2,14)15)7(5-11)9(6)20(12,16)17/h3-4H,5,11H2,1-2H3,(H2,12,16,17). The number of methoxy groups -OCH3 is 1. The van der Waals surface area contributed by atoms with Crippen LogP contribution < -0.4 is 10.9 Å². The number of sulfone groups is 1. The summed E-state index contributed by atoms with van der Waals surface area (Å²) < 4.78 is 51.0. The molecule has 0 amide bonds. The molecule has 0 saturated heterocycles. The van der Waals surface area contributed by atoms with Gasteiger partial charge in [0.1, 0.15) is 4.90 Å². The molecule has 0 heterocycles. The number of carbonyl (C=O) groups excluding carboxylic acids is 1. The van der Waals surface area contributed by atoms with Crippen molar-refractivity contribution in [2.24, 2.45) is 10.9 Å². The van der Waals surface area contributed by atoms with E-state index in [1.54, 1.807) is 0 Å². The molecule has 1 aromatic carbocycles. The number of esters is 1. The second-order valence-corrected chi connectivity index (χ2v) is 7.41. The highest BCUT2D eigenvalue weighted by Gasteiger charge is 2.28. The van der Waals surface area contributed by atoms with Gasteiger partial charge in [0.05, 0.1) is 17.6 Å². The Morgan fingerprint density at radius 1 is 1.25 bits per heavy atom. The van der Waals surface area contributed by atoms with E-state index in [0.717, 1.165) is 25.5 Å². The third-order valence-electron chi connectivity index (χ3n) is 2.51. The van der Waals surface area contributed by atoms with Gasteiger partial charge in [-0.2, -0.15) is 0 Å². The van der Waals surface area contributed by atoms with Crippen molar-refractivity contribution in [3.05, 3.63) is 23.3 Å². The quantitative estimate of drug-likeness (QED) is 0.674. The zero-order valence-corrected chi connectivity index (χ0v) is 12.4. The second-order valence-electron chi connectivity index (χ2n) is 3.93. The van der Waals surface area contributed by atoms with Gasteiger partial charge in [0.25, 0.3) is 0 Å². The Bertz CT molecular complexity index is 752. The molecule has 0 unspecified atom stereocenters. The molecular formula is C10H14N2O6S2. The van der Waals surface area contributed by atoms with Crippen LogP contribution in [0.15, 0.2) is 21.9 Å². The lowest BCUT2D eigenvalue weighted by Crippen LogP contribution is -2.23. The molecule has 0 radical (unpaired) electrons. The molecule has 10 heteroatoms. The van der Waals surface area contributed by atoms with E-state index in [1.165, 1.54) is 0 Å². The van der Waals surface area contributed by atoms with Gasteiger partial charge in [-0.15, -0.1) is 0 Å². The van der Waals surface area contributed by atoms with E-state index < -0.39 is 37.3 Å². The second kappa shape index (κ2) is 5.48. The number of carbonyl (C=O) groups is 1. The zero-order chi connectivity index (χ0) is 15.7. The number of rotatable bonds is 4. The van der Waals surface area contributed by atoms with Gasteiger partial charge in [-0.3, -0.25) is 0 Å². The van der Waals surface area contributed by atoms with Gasteiger partial charge >= 0.3 is 5.97 Å². The van der Waals surface area contributed by atoms with Gasteiger partial charge in [0.15, 0.2) is 9.84 Å². The van der Waals surface area contributed by atoms with E-state index in [-0.39, 0.29) is 16.0 Å². The first-order chi connectivity index (χ1) is 9.04. The molecule has 1 rings (SSSR count). The molecule has 0 bridgehead atoms. The van der Waals surface area contributed by atoms with Crippen molar-refractivity contribution < 1.29 is 26.4 Å². The van der Waals surface area contributed by atoms with E-state index in [1.807, 2.05) is 0 Å². The summed E-state index contributed by atoms with van der Waals surface area (Å²) in [5.41, 5.74) is 4.82. The van der Waals surface area contributed by atoms with Crippen LogP contribution in [-0.2, 0) is 31.1 Å². The topological polar surface area (TPSA) is 147 Å². The molecule has 0 saturated carbocycles. The minimum Gasteiger partial charge on any atom is -0.465 e. The summed E-state index contributed by atoms with van der Waals surface area (Å²) in [6, 6.07) is 2.12. The van der Waals surface area contributed by atoms with Crippen LogP contribution in [0.25, 0.3) is 0 Å². The molecule has 8 nitrogen and oxygen atoms in total. The molecule has 0 aliphatic carbocycles. The highest BCUT2D eigenvalue weighted by molar-refractivity contribution is 7.91. The first kappa shape index (κ1) is 16.6. The minimum absolute atomic E-state index is 0.238. The maximum Gasteiger partial charge on any atom is 0.339 e. The Morgan fingerprint density at radius 2 is 1.80 bits per heavy atom. The highest BCUT2D eigenvalue weighted by atomic mass is 32.2. The number of ether oxygens (including phenoxy) is 1. The van der Waals surface area contributed by atoms with E-state index in [2.05, 4.69) is 4.74 Å². The van der Waals surface area contributed by atoms with Crippen molar-refractivity contribution in [3.8, 4) is 0 Å². The first-order valence-corrected chi connectivity index (χ1v) is 8.65. The predicted molar refractivity (Wildman–Crippen MR) is 70.2 cm³/mol. The van der Waals surface area contributed by atoms with Crippen LogP contribution in [0.2, 0.25) is 0 Å². The van der Waals surface area contributed by atoms with Crippen LogP contribution in [0.4, 0.5) is 0 Å². The Kier molecular flexibility index (Phi) is 4.54. The Hall–Kier alpha value is -1.49. The van der Waals surface area contributed by atoms with Crippen LogP contribution in [0, 0.1) is 0 Å². The minimum atomic E-state index is -4.36. The van der Waals surface area contributed by atoms with E-state index >= 15 is 0 Å². The van der Waals surface area contributed by atoms with Crippen molar-refractivity contribution in [1.82, 2.24) is 0 Å². The van der Waals surface area contributed by atoms with Crippen LogP contribution in [0.3, 0.4) is 0 Å². The van der Waals surface area contributed by atoms with Crippen LogP contribution >= 0.6 is 0 Å². The van der Waals surface area contributed by atoms with Crippen LogP contribution in [0.5, 0.6) is 0 Å². The van der Waals surface area contributed by atoms with E-state index in [9.17, 15) is 21.6 Å². The lowest BCUT2D eigenvalue weighted by atomic mass is 10.1. The summed E-state index contributed by atoms with van der Waals surface area (Å²) in [5, 5.41) is 5.05. The maximum atomic E-state index is 11.7. The monoisotopic (exact) mass is 322 g/mol. The summed E-state index contributed by atoms with van der Waals surface area (Å²) >= 11 is 0. The lowest BCUT2D eigenvalue weighted by molar-refractivity contribution is 0.0596. The molecule has 0 atom stereocenters. The van der Waals surface area contributed by atoms with Crippen molar-refractivity contribution in [2.45, 2.75) is 16.3 Å². The average molecular weight is 322 g/mol. The van der Waals surface area contributed by atoms with E-state index in [0.29, 0.717) is 0 Å². The number of hydrogen-bond donors (Lipinski definition) is 2. The maximum absolute atomic E-state index is 11.7. The molecule has 0 aromatic heterocycles. The fourth-order valence-electron chi connectivity index (χ4n) is 1.75. The third kappa shape index (κ3) is 3.15. The van der Waals surface area contributed by atoms with Crippen LogP contribution in [-0.4, -0.2) is 36.2 Å². The summed E-state index contributed by atoms with van der Waals surface area (Å²) in [6.07, 6.45) is 0.895. The fourth-order valence-corrected chi connectivity index (χ4v) is 3.75. The summed E-state index contributed by atoms with van der Waals surface area (Å²) in [4.78, 5) is 10.7. The van der Waals surface area contributed by atoms with Gasteiger partial charge in [-0.25, -0.2) is 26.8 Å². The summed E-state index contributed by atoms with van der Waals surface area (Å²) in [6.45, 7) is -0.418. The number of primary sulfonamides is 1. The Labute approximate surface area is 116 Å². The third-order valence-corrected chi connectivity index (χ3v) is 4.73. The predicted octanol–water partition coefficient (Wildman–Crippen LogP) is -1.02. The van der Waals surface area contributed by atoms with E-state index in [4.69, 9.17) is 10.9 Å². The van der Waals surface area contributed by atoms with Gasteiger partial charge in [-0.1, -0.05) is 0 Å². The van der Waals surface area contributed by atoms with Crippen molar-refractivity contribution in [1.29, 1.82) is 0 Å². The number of nitrogens with two attached hydrogens (primary N) is 2. The molecule has 0 aliphatic rings. The van der Waals surface area contributed by atoms with Crippen molar-refractivity contribution in [3.63, 3.8) is 0 Å². The normalized spacial score (nSPS) is 12.2. The largest absolute Gasteiger partial charge is 0.465 e. The molecule has 1 aromatic rings. The molecule has 0 fully saturated rings. The van der Waals surface area contributed by atoms with Gasteiger partial charge in [-0.05, 0) is 12.1 Å². The molecule has 0 spiro atoms. The fraction of sp³-hybridized carbons (Fsp3) is 0.300. The lowest BCUT2D eigenvalue weighted by Gasteiger charge is -2.14. The van der Waals surface area contributed by atoms with Gasteiger partial charge in [0.2, 0.25) is 10.0 Å².